The number of carboxylic acid groups (broad SMARTS) is 1. The first-order valence-corrected chi connectivity index (χ1v) is 5.31. The monoisotopic (exact) mass is 267 g/mol. The fraction of sp³-hybridized carbons (Fsp3) is 0.273. The summed E-state index contributed by atoms with van der Waals surface area (Å²) in [5, 5.41) is 17.5. The Morgan fingerprint density at radius 2 is 2.27 bits per heavy atom. The summed E-state index contributed by atoms with van der Waals surface area (Å²) in [7, 11) is 0. The Morgan fingerprint density at radius 3 is 2.73 bits per heavy atom. The van der Waals surface area contributed by atoms with Crippen LogP contribution in [-0.4, -0.2) is 11.1 Å². The molecule has 0 aromatic heterocycles. The molecule has 0 aliphatic heterocycles. The van der Waals surface area contributed by atoms with Crippen LogP contribution in [0.2, 0.25) is 0 Å². The number of carboxylic acids is 1. The van der Waals surface area contributed by atoms with Crippen molar-refractivity contribution in [2.45, 2.75) is 19.8 Å². The van der Waals surface area contributed by atoms with Gasteiger partial charge in [-0.1, -0.05) is 22.9 Å². The number of nitriles is 1. The van der Waals surface area contributed by atoms with Crippen LogP contribution in [0.1, 0.15) is 23.6 Å². The lowest BCUT2D eigenvalue weighted by atomic mass is 10.00. The molecule has 15 heavy (non-hydrogen) atoms. The van der Waals surface area contributed by atoms with Crippen molar-refractivity contribution < 1.29 is 9.90 Å². The SMILES string of the molecule is CCc1cc(C#N)cc(Br)c1CC(=O)O. The Bertz CT molecular complexity index is 435. The highest BCUT2D eigenvalue weighted by molar-refractivity contribution is 9.10. The zero-order valence-corrected chi connectivity index (χ0v) is 9.84. The van der Waals surface area contributed by atoms with E-state index in [0.29, 0.717) is 10.0 Å². The van der Waals surface area contributed by atoms with Gasteiger partial charge in [-0.15, -0.1) is 0 Å². The minimum atomic E-state index is -0.866. The van der Waals surface area contributed by atoms with Crippen LogP contribution in [0.5, 0.6) is 0 Å². The summed E-state index contributed by atoms with van der Waals surface area (Å²) in [5.74, 6) is -0.866. The lowest BCUT2D eigenvalue weighted by molar-refractivity contribution is -0.136. The zero-order chi connectivity index (χ0) is 11.4. The lowest BCUT2D eigenvalue weighted by Crippen LogP contribution is -2.04. The number of aryl methyl sites for hydroxylation is 1. The van der Waals surface area contributed by atoms with Crippen molar-refractivity contribution in [3.05, 3.63) is 33.3 Å². The van der Waals surface area contributed by atoms with Gasteiger partial charge < -0.3 is 5.11 Å². The number of rotatable bonds is 3. The molecule has 1 aromatic rings. The molecule has 1 rings (SSSR count). The fourth-order valence-corrected chi connectivity index (χ4v) is 2.06. The summed E-state index contributed by atoms with van der Waals surface area (Å²) in [4.78, 5) is 10.7. The predicted molar refractivity (Wildman–Crippen MR) is 59.6 cm³/mol. The quantitative estimate of drug-likeness (QED) is 0.916. The molecule has 0 heterocycles. The number of nitrogens with zero attached hydrogens (tertiary/aromatic N) is 1. The van der Waals surface area contributed by atoms with Crippen molar-refractivity contribution in [1.29, 1.82) is 5.26 Å². The second kappa shape index (κ2) is 4.94. The predicted octanol–water partition coefficient (Wildman–Crippen LogP) is 2.51. The molecule has 0 aliphatic carbocycles. The van der Waals surface area contributed by atoms with Crippen LogP contribution in [0.15, 0.2) is 16.6 Å². The van der Waals surface area contributed by atoms with E-state index in [1.165, 1.54) is 0 Å². The largest absolute Gasteiger partial charge is 0.481 e. The van der Waals surface area contributed by atoms with Crippen LogP contribution in [0.4, 0.5) is 0 Å². The number of hydrogen-bond acceptors (Lipinski definition) is 2. The first-order chi connectivity index (χ1) is 7.08. The number of hydrogen-bond donors (Lipinski definition) is 1. The second-order valence-corrected chi connectivity index (χ2v) is 3.99. The summed E-state index contributed by atoms with van der Waals surface area (Å²) in [6, 6.07) is 5.43. The topological polar surface area (TPSA) is 61.1 Å². The molecule has 0 fully saturated rings. The highest BCUT2D eigenvalue weighted by Crippen LogP contribution is 2.24. The molecule has 4 heteroatoms. The van der Waals surface area contributed by atoms with E-state index in [1.54, 1.807) is 12.1 Å². The molecular formula is C11H10BrNO2. The Morgan fingerprint density at radius 1 is 1.60 bits per heavy atom. The molecular weight excluding hydrogens is 258 g/mol. The molecule has 3 nitrogen and oxygen atoms in total. The average molecular weight is 268 g/mol. The Hall–Kier alpha value is -1.34. The van der Waals surface area contributed by atoms with E-state index in [1.807, 2.05) is 13.0 Å². The first kappa shape index (κ1) is 11.7. The van der Waals surface area contributed by atoms with Crippen LogP contribution >= 0.6 is 15.9 Å². The third kappa shape index (κ3) is 2.80. The minimum Gasteiger partial charge on any atom is -0.481 e. The second-order valence-electron chi connectivity index (χ2n) is 3.13. The van der Waals surface area contributed by atoms with Crippen LogP contribution in [-0.2, 0) is 17.6 Å². The van der Waals surface area contributed by atoms with Gasteiger partial charge in [-0.05, 0) is 29.7 Å². The molecule has 0 spiro atoms. The average Bonchev–Trinajstić information content (AvgIpc) is 2.20. The standard InChI is InChI=1S/C11H10BrNO2/c1-2-8-3-7(6-13)4-10(12)9(8)5-11(14)15/h3-4H,2,5H2,1H3,(H,14,15). The van der Waals surface area contributed by atoms with E-state index >= 15 is 0 Å². The summed E-state index contributed by atoms with van der Waals surface area (Å²) < 4.78 is 0.695. The number of benzene rings is 1. The molecule has 0 radical (unpaired) electrons. The van der Waals surface area contributed by atoms with Crippen molar-refractivity contribution in [3.63, 3.8) is 0 Å². The van der Waals surface area contributed by atoms with Gasteiger partial charge >= 0.3 is 5.97 Å². The molecule has 0 saturated heterocycles. The van der Waals surface area contributed by atoms with Crippen LogP contribution in [0.25, 0.3) is 0 Å². The van der Waals surface area contributed by atoms with E-state index in [2.05, 4.69) is 15.9 Å². The molecule has 78 valence electrons. The molecule has 0 saturated carbocycles. The molecule has 0 aliphatic rings. The minimum absolute atomic E-state index is 0.0184. The Balaban J connectivity index is 3.25. The van der Waals surface area contributed by atoms with Crippen LogP contribution in [0.3, 0.4) is 0 Å². The maximum atomic E-state index is 10.7. The maximum Gasteiger partial charge on any atom is 0.307 e. The Kier molecular flexibility index (Phi) is 3.87. The first-order valence-electron chi connectivity index (χ1n) is 4.51. The number of aliphatic carboxylic acids is 1. The van der Waals surface area contributed by atoms with Crippen molar-refractivity contribution in [1.82, 2.24) is 0 Å². The van der Waals surface area contributed by atoms with Gasteiger partial charge in [0.25, 0.3) is 0 Å². The van der Waals surface area contributed by atoms with E-state index < -0.39 is 5.97 Å². The summed E-state index contributed by atoms with van der Waals surface area (Å²) >= 11 is 3.29. The third-order valence-electron chi connectivity index (χ3n) is 2.13. The Labute approximate surface area is 96.5 Å². The lowest BCUT2D eigenvalue weighted by Gasteiger charge is -2.08. The molecule has 0 atom stereocenters. The summed E-state index contributed by atoms with van der Waals surface area (Å²) in [6.07, 6.45) is 0.701. The van der Waals surface area contributed by atoms with E-state index in [4.69, 9.17) is 10.4 Å². The van der Waals surface area contributed by atoms with E-state index in [-0.39, 0.29) is 6.42 Å². The van der Waals surface area contributed by atoms with Gasteiger partial charge in [0.15, 0.2) is 0 Å². The third-order valence-corrected chi connectivity index (χ3v) is 2.83. The number of carbonyl (C=O) groups is 1. The molecule has 0 unspecified atom stereocenters. The maximum absolute atomic E-state index is 10.7. The molecule has 0 amide bonds. The van der Waals surface area contributed by atoms with Crippen molar-refractivity contribution in [3.8, 4) is 6.07 Å². The van der Waals surface area contributed by atoms with Gasteiger partial charge in [0, 0.05) is 4.47 Å². The van der Waals surface area contributed by atoms with Gasteiger partial charge in [0.1, 0.15) is 0 Å². The van der Waals surface area contributed by atoms with Gasteiger partial charge in [0.05, 0.1) is 18.1 Å². The smallest absolute Gasteiger partial charge is 0.307 e. The molecule has 0 bridgehead atoms. The summed E-state index contributed by atoms with van der Waals surface area (Å²) in [5.41, 5.74) is 2.21. The van der Waals surface area contributed by atoms with E-state index in [0.717, 1.165) is 17.5 Å². The zero-order valence-electron chi connectivity index (χ0n) is 8.25. The van der Waals surface area contributed by atoms with Crippen LogP contribution < -0.4 is 0 Å². The normalized spacial score (nSPS) is 9.67. The van der Waals surface area contributed by atoms with Crippen molar-refractivity contribution in [2.24, 2.45) is 0 Å². The van der Waals surface area contributed by atoms with Gasteiger partial charge in [-0.25, -0.2) is 0 Å². The van der Waals surface area contributed by atoms with Gasteiger partial charge in [-0.3, -0.25) is 4.79 Å². The molecule has 1 aromatic carbocycles. The van der Waals surface area contributed by atoms with E-state index in [9.17, 15) is 4.79 Å². The highest BCUT2D eigenvalue weighted by atomic mass is 79.9. The van der Waals surface area contributed by atoms with Crippen molar-refractivity contribution >= 4 is 21.9 Å². The fourth-order valence-electron chi connectivity index (χ4n) is 1.42. The van der Waals surface area contributed by atoms with Gasteiger partial charge in [-0.2, -0.15) is 5.26 Å². The van der Waals surface area contributed by atoms with Gasteiger partial charge in [0.2, 0.25) is 0 Å². The highest BCUT2D eigenvalue weighted by Gasteiger charge is 2.11. The van der Waals surface area contributed by atoms with Crippen LogP contribution in [0, 0.1) is 11.3 Å². The number of halogens is 1. The summed E-state index contributed by atoms with van der Waals surface area (Å²) in [6.45, 7) is 1.94. The molecule has 1 N–H and O–H groups in total. The van der Waals surface area contributed by atoms with Crippen molar-refractivity contribution in [2.75, 3.05) is 0 Å².